The molecule has 1 amide bonds. The summed E-state index contributed by atoms with van der Waals surface area (Å²) in [7, 11) is 0. The van der Waals surface area contributed by atoms with E-state index in [2.05, 4.69) is 41.7 Å². The van der Waals surface area contributed by atoms with E-state index in [1.807, 2.05) is 0 Å². The summed E-state index contributed by atoms with van der Waals surface area (Å²) in [6.07, 6.45) is 4.86. The van der Waals surface area contributed by atoms with Crippen LogP contribution in [0.2, 0.25) is 10.0 Å². The third kappa shape index (κ3) is 5.79. The molecule has 0 fully saturated rings. The Bertz CT molecular complexity index is 1530. The number of benzene rings is 1. The van der Waals surface area contributed by atoms with Gasteiger partial charge in [-0.3, -0.25) is 14.9 Å². The largest absolute Gasteiger partial charge is 0.453 e. The van der Waals surface area contributed by atoms with Crippen LogP contribution in [0.25, 0.3) is 11.1 Å². The van der Waals surface area contributed by atoms with Gasteiger partial charge in [0.1, 0.15) is 17.5 Å². The van der Waals surface area contributed by atoms with E-state index in [0.29, 0.717) is 11.1 Å². The quantitative estimate of drug-likeness (QED) is 0.214. The van der Waals surface area contributed by atoms with Crippen molar-refractivity contribution >= 4 is 40.6 Å². The molecule has 0 unspecified atom stereocenters. The summed E-state index contributed by atoms with van der Waals surface area (Å²) in [6.45, 7) is -0.179. The number of terminal acetylenes is 1. The van der Waals surface area contributed by atoms with E-state index in [1.165, 1.54) is 36.8 Å². The molecular weight excluding hydrogens is 537 g/mol. The molecule has 1 aromatic carbocycles. The molecule has 0 aliphatic rings. The van der Waals surface area contributed by atoms with E-state index in [-0.39, 0.29) is 45.0 Å². The minimum Gasteiger partial charge on any atom is -0.362 e. The maximum absolute atomic E-state index is 14.9. The van der Waals surface area contributed by atoms with Crippen molar-refractivity contribution in [3.8, 4) is 23.5 Å². The van der Waals surface area contributed by atoms with Crippen molar-refractivity contribution < 1.29 is 22.4 Å². The lowest BCUT2D eigenvalue weighted by molar-refractivity contribution is -0.144. The lowest BCUT2D eigenvalue weighted by Gasteiger charge is -2.12. The number of anilines is 2. The first kappa shape index (κ1) is 25.9. The van der Waals surface area contributed by atoms with Gasteiger partial charge in [0, 0.05) is 23.5 Å². The first-order chi connectivity index (χ1) is 17.6. The van der Waals surface area contributed by atoms with Gasteiger partial charge >= 0.3 is 6.18 Å². The maximum atomic E-state index is 14.9. The maximum Gasteiger partial charge on any atom is 0.453 e. The van der Waals surface area contributed by atoms with E-state index >= 15 is 0 Å². The number of pyridine rings is 2. The summed E-state index contributed by atoms with van der Waals surface area (Å²) in [5, 5.41) is 10.5. The van der Waals surface area contributed by atoms with Gasteiger partial charge in [0.15, 0.2) is 0 Å². The van der Waals surface area contributed by atoms with Crippen LogP contribution >= 0.6 is 23.2 Å². The predicted octanol–water partition coefficient (Wildman–Crippen LogP) is 5.57. The highest BCUT2D eigenvalue weighted by molar-refractivity contribution is 6.35. The number of H-pyrrole nitrogens is 1. The summed E-state index contributed by atoms with van der Waals surface area (Å²) in [5.41, 5.74) is 0.856. The molecule has 0 atom stereocenters. The Kier molecular flexibility index (Phi) is 7.28. The lowest BCUT2D eigenvalue weighted by Crippen LogP contribution is -2.14. The molecule has 4 aromatic rings. The Morgan fingerprint density at radius 1 is 1.14 bits per heavy atom. The number of amides is 1. The van der Waals surface area contributed by atoms with E-state index in [9.17, 15) is 22.4 Å². The fraction of sp³-hybridized carbons (Fsp3) is 0.0870. The molecule has 0 aliphatic carbocycles. The summed E-state index contributed by atoms with van der Waals surface area (Å²) >= 11 is 12.4. The van der Waals surface area contributed by atoms with E-state index < -0.39 is 23.7 Å². The van der Waals surface area contributed by atoms with Crippen LogP contribution in [-0.4, -0.2) is 31.1 Å². The SMILES string of the molecule is C#Cc1cnccc1-c1cc(Cl)c(C(=O)Nc2cnc(NCc3nc(C(F)(F)F)n[nH]3)c(Cl)c2)cc1F. The van der Waals surface area contributed by atoms with Crippen molar-refractivity contribution in [1.82, 2.24) is 25.1 Å². The zero-order valence-corrected chi connectivity index (χ0v) is 19.8. The summed E-state index contributed by atoms with van der Waals surface area (Å²) in [4.78, 5) is 24.0. The number of nitrogens with one attached hydrogen (secondary N) is 3. The highest BCUT2D eigenvalue weighted by atomic mass is 35.5. The van der Waals surface area contributed by atoms with E-state index in [1.54, 1.807) is 0 Å². The molecule has 0 spiro atoms. The number of halogens is 6. The van der Waals surface area contributed by atoms with Crippen molar-refractivity contribution in [3.63, 3.8) is 0 Å². The number of aromatic nitrogens is 5. The number of carbonyl (C=O) groups is 1. The van der Waals surface area contributed by atoms with Crippen molar-refractivity contribution in [2.45, 2.75) is 12.7 Å². The molecule has 188 valence electrons. The number of hydrogen-bond donors (Lipinski definition) is 3. The van der Waals surface area contributed by atoms with Crippen molar-refractivity contribution in [3.05, 3.63) is 81.5 Å². The van der Waals surface area contributed by atoms with Gasteiger partial charge in [-0.1, -0.05) is 29.1 Å². The highest BCUT2D eigenvalue weighted by Gasteiger charge is 2.36. The monoisotopic (exact) mass is 549 g/mol. The summed E-state index contributed by atoms with van der Waals surface area (Å²) < 4.78 is 52.7. The summed E-state index contributed by atoms with van der Waals surface area (Å²) in [6, 6.07) is 5.13. The first-order valence-corrected chi connectivity index (χ1v) is 10.9. The first-order valence-electron chi connectivity index (χ1n) is 10.2. The van der Waals surface area contributed by atoms with Gasteiger partial charge in [0.25, 0.3) is 11.7 Å². The van der Waals surface area contributed by atoms with Crippen LogP contribution in [0.15, 0.2) is 42.9 Å². The number of alkyl halides is 3. The van der Waals surface area contributed by atoms with Gasteiger partial charge in [0.05, 0.1) is 39.6 Å². The molecule has 3 aromatic heterocycles. The Balaban J connectivity index is 1.47. The Labute approximate surface area is 216 Å². The molecule has 4 rings (SSSR count). The van der Waals surface area contributed by atoms with Gasteiger partial charge in [-0.15, -0.1) is 11.5 Å². The van der Waals surface area contributed by atoms with Crippen molar-refractivity contribution in [2.75, 3.05) is 10.6 Å². The second kappa shape index (κ2) is 10.4. The molecule has 0 saturated heterocycles. The molecular formula is C23H13Cl2F4N7O. The zero-order chi connectivity index (χ0) is 26.7. The highest BCUT2D eigenvalue weighted by Crippen LogP contribution is 2.31. The number of hydrogen-bond acceptors (Lipinski definition) is 6. The summed E-state index contributed by atoms with van der Waals surface area (Å²) in [5.74, 6) is -0.332. The lowest BCUT2D eigenvalue weighted by atomic mass is 10.00. The van der Waals surface area contributed by atoms with E-state index in [4.69, 9.17) is 29.6 Å². The van der Waals surface area contributed by atoms with Crippen molar-refractivity contribution in [2.24, 2.45) is 0 Å². The standard InChI is InChI=1S/C23H13Cl2F4N7O/c1-2-11-8-30-4-3-13(11)14-6-16(24)15(7-18(14)26)21(37)33-12-5-17(25)20(31-9-12)32-10-19-34-22(36-35-19)23(27,28)29/h1,3-9H,10H2,(H,31,32)(H,33,37)(H,34,35,36). The topological polar surface area (TPSA) is 108 Å². The third-order valence-electron chi connectivity index (χ3n) is 4.88. The van der Waals surface area contributed by atoms with Gasteiger partial charge in [-0.05, 0) is 24.3 Å². The Morgan fingerprint density at radius 2 is 1.92 bits per heavy atom. The minimum atomic E-state index is -4.68. The van der Waals surface area contributed by atoms with Gasteiger partial charge in [-0.2, -0.15) is 13.2 Å². The second-order valence-electron chi connectivity index (χ2n) is 7.34. The molecule has 3 N–H and O–H groups in total. The molecule has 37 heavy (non-hydrogen) atoms. The smallest absolute Gasteiger partial charge is 0.362 e. The Hall–Kier alpha value is -4.21. The second-order valence-corrected chi connectivity index (χ2v) is 8.16. The normalized spacial score (nSPS) is 11.2. The molecule has 14 heteroatoms. The molecule has 0 aliphatic heterocycles. The third-order valence-corrected chi connectivity index (χ3v) is 5.48. The van der Waals surface area contributed by atoms with Gasteiger partial charge in [0.2, 0.25) is 0 Å². The van der Waals surface area contributed by atoms with E-state index in [0.717, 1.165) is 6.07 Å². The van der Waals surface area contributed by atoms with Crippen LogP contribution in [-0.2, 0) is 12.7 Å². The fourth-order valence-corrected chi connectivity index (χ4v) is 3.66. The van der Waals surface area contributed by atoms with Crippen LogP contribution in [0.1, 0.15) is 27.6 Å². The predicted molar refractivity (Wildman–Crippen MR) is 128 cm³/mol. The van der Waals surface area contributed by atoms with Gasteiger partial charge < -0.3 is 10.6 Å². The average Bonchev–Trinajstić information content (AvgIpc) is 3.34. The zero-order valence-electron chi connectivity index (χ0n) is 18.3. The molecule has 8 nitrogen and oxygen atoms in total. The van der Waals surface area contributed by atoms with Crippen LogP contribution in [0.4, 0.5) is 29.1 Å². The van der Waals surface area contributed by atoms with Gasteiger partial charge in [-0.25, -0.2) is 14.4 Å². The number of nitrogens with zero attached hydrogens (tertiary/aromatic N) is 4. The van der Waals surface area contributed by atoms with Crippen LogP contribution in [0.3, 0.4) is 0 Å². The minimum absolute atomic E-state index is 0.0312. The fourth-order valence-electron chi connectivity index (χ4n) is 3.17. The average molecular weight is 550 g/mol. The molecule has 3 heterocycles. The van der Waals surface area contributed by atoms with Crippen LogP contribution in [0, 0.1) is 18.2 Å². The molecule has 0 bridgehead atoms. The van der Waals surface area contributed by atoms with Crippen LogP contribution in [0.5, 0.6) is 0 Å². The number of carbonyl (C=O) groups excluding carboxylic acids is 1. The molecule has 0 radical (unpaired) electrons. The number of rotatable bonds is 6. The van der Waals surface area contributed by atoms with Crippen LogP contribution < -0.4 is 10.6 Å². The Morgan fingerprint density at radius 3 is 2.59 bits per heavy atom. The molecule has 0 saturated carbocycles. The number of aromatic amines is 1. The van der Waals surface area contributed by atoms with Crippen molar-refractivity contribution in [1.29, 1.82) is 0 Å².